The van der Waals surface area contributed by atoms with Gasteiger partial charge in [-0.25, -0.2) is 0 Å². The third kappa shape index (κ3) is 5.31. The molecule has 0 amide bonds. The first kappa shape index (κ1) is 11.9. The monoisotopic (exact) mass is 145 g/mol. The number of carboxylic acids is 1. The molecule has 60 valence electrons. The van der Waals surface area contributed by atoms with Crippen LogP contribution in [0.15, 0.2) is 13.2 Å². The van der Waals surface area contributed by atoms with Gasteiger partial charge in [-0.3, -0.25) is 4.79 Å². The summed E-state index contributed by atoms with van der Waals surface area (Å²) in [4.78, 5) is 10.0. The van der Waals surface area contributed by atoms with Crippen molar-refractivity contribution in [1.29, 1.82) is 0 Å². The Labute approximate surface area is 61.5 Å². The molecule has 0 spiro atoms. The van der Waals surface area contributed by atoms with Crippen LogP contribution in [0.3, 0.4) is 0 Å². The van der Waals surface area contributed by atoms with Gasteiger partial charge in [-0.15, -0.1) is 13.2 Å². The average Bonchev–Trinajstić information content (AvgIpc) is 1.90. The van der Waals surface area contributed by atoms with Crippen molar-refractivity contribution in [2.75, 3.05) is 0 Å². The average molecular weight is 145 g/mol. The largest absolute Gasteiger partial charge is 0.480 e. The summed E-state index contributed by atoms with van der Waals surface area (Å²) >= 11 is 0. The minimum absolute atomic E-state index is 0.0208. The van der Waals surface area contributed by atoms with Crippen molar-refractivity contribution in [3.63, 3.8) is 0 Å². The van der Waals surface area contributed by atoms with Crippen LogP contribution in [0.2, 0.25) is 0 Å². The zero-order chi connectivity index (χ0) is 8.73. The van der Waals surface area contributed by atoms with E-state index in [1.54, 1.807) is 13.8 Å². The molecule has 0 aromatic heterocycles. The highest BCUT2D eigenvalue weighted by molar-refractivity contribution is 5.73. The highest BCUT2D eigenvalue weighted by Crippen LogP contribution is 1.96. The Morgan fingerprint density at radius 1 is 1.50 bits per heavy atom. The van der Waals surface area contributed by atoms with Crippen LogP contribution >= 0.6 is 0 Å². The highest BCUT2D eigenvalue weighted by Gasteiger charge is 2.14. The third-order valence-electron chi connectivity index (χ3n) is 1.00. The Bertz CT molecular complexity index is 102. The van der Waals surface area contributed by atoms with Crippen molar-refractivity contribution in [3.05, 3.63) is 13.2 Å². The fraction of sp³-hybridized carbons (Fsp3) is 0.571. The van der Waals surface area contributed by atoms with Gasteiger partial charge in [0.1, 0.15) is 6.04 Å². The van der Waals surface area contributed by atoms with Crippen LogP contribution in [0, 0.1) is 5.92 Å². The smallest absolute Gasteiger partial charge is 0.320 e. The van der Waals surface area contributed by atoms with E-state index in [0.29, 0.717) is 0 Å². The summed E-state index contributed by atoms with van der Waals surface area (Å²) in [7, 11) is 0. The van der Waals surface area contributed by atoms with Gasteiger partial charge in [0.2, 0.25) is 0 Å². The van der Waals surface area contributed by atoms with Crippen molar-refractivity contribution >= 4 is 5.97 Å². The number of hydrogen-bond acceptors (Lipinski definition) is 2. The zero-order valence-corrected chi connectivity index (χ0v) is 6.50. The Morgan fingerprint density at radius 3 is 1.80 bits per heavy atom. The number of nitrogens with two attached hydrogens (primary N) is 1. The second kappa shape index (κ2) is 6.29. The Hall–Kier alpha value is -0.830. The van der Waals surface area contributed by atoms with Crippen LogP contribution in [0.4, 0.5) is 0 Å². The minimum Gasteiger partial charge on any atom is -0.480 e. The maximum Gasteiger partial charge on any atom is 0.320 e. The molecule has 0 aliphatic rings. The molecule has 0 radical (unpaired) electrons. The summed E-state index contributed by atoms with van der Waals surface area (Å²) in [6.07, 6.45) is 0. The van der Waals surface area contributed by atoms with Gasteiger partial charge in [0.15, 0.2) is 0 Å². The van der Waals surface area contributed by atoms with E-state index in [2.05, 4.69) is 13.2 Å². The number of aliphatic carboxylic acids is 1. The van der Waals surface area contributed by atoms with Crippen LogP contribution in [0.25, 0.3) is 0 Å². The van der Waals surface area contributed by atoms with Crippen molar-refractivity contribution in [1.82, 2.24) is 0 Å². The molecule has 3 heteroatoms. The molecular formula is C7H15NO2. The fourth-order valence-corrected chi connectivity index (χ4v) is 0.285. The van der Waals surface area contributed by atoms with Gasteiger partial charge in [0.25, 0.3) is 0 Å². The summed E-state index contributed by atoms with van der Waals surface area (Å²) in [6, 6.07) is -0.713. The van der Waals surface area contributed by atoms with Crippen LogP contribution in [-0.2, 0) is 4.79 Å². The van der Waals surface area contributed by atoms with Crippen molar-refractivity contribution in [3.8, 4) is 0 Å². The molecule has 0 aromatic rings. The van der Waals surface area contributed by atoms with Crippen LogP contribution in [0.5, 0.6) is 0 Å². The van der Waals surface area contributed by atoms with E-state index < -0.39 is 12.0 Å². The molecule has 1 atom stereocenters. The van der Waals surface area contributed by atoms with Crippen molar-refractivity contribution in [2.24, 2.45) is 11.7 Å². The lowest BCUT2D eigenvalue weighted by molar-refractivity contribution is -0.139. The molecule has 0 unspecified atom stereocenters. The number of carboxylic acid groups (broad SMARTS) is 1. The Morgan fingerprint density at radius 2 is 1.80 bits per heavy atom. The molecule has 0 saturated heterocycles. The standard InChI is InChI=1S/C5H11NO2.C2H4/c1-3(2)4(6)5(7)8;1-2/h3-4H,6H2,1-2H3,(H,7,8);1-2H2/t4-;/m0./s1. The van der Waals surface area contributed by atoms with Crippen molar-refractivity contribution < 1.29 is 9.90 Å². The second-order valence-corrected chi connectivity index (χ2v) is 2.11. The highest BCUT2D eigenvalue weighted by atomic mass is 16.4. The van der Waals surface area contributed by atoms with Gasteiger partial charge in [-0.05, 0) is 5.92 Å². The Kier molecular flexibility index (Phi) is 7.49. The van der Waals surface area contributed by atoms with E-state index in [0.717, 1.165) is 0 Å². The van der Waals surface area contributed by atoms with Crippen LogP contribution in [0.1, 0.15) is 13.8 Å². The molecule has 0 aliphatic carbocycles. The number of carbonyl (C=O) groups is 1. The molecule has 3 N–H and O–H groups in total. The molecule has 3 nitrogen and oxygen atoms in total. The molecule has 0 rings (SSSR count). The molecule has 0 bridgehead atoms. The maximum absolute atomic E-state index is 10.0. The lowest BCUT2D eigenvalue weighted by Gasteiger charge is -2.07. The lowest BCUT2D eigenvalue weighted by atomic mass is 10.1. The lowest BCUT2D eigenvalue weighted by Crippen LogP contribution is -2.34. The first-order valence-electron chi connectivity index (χ1n) is 3.04. The quantitative estimate of drug-likeness (QED) is 0.566. The maximum atomic E-state index is 10.0. The molecule has 0 aliphatic heterocycles. The van der Waals surface area contributed by atoms with Gasteiger partial charge >= 0.3 is 5.97 Å². The van der Waals surface area contributed by atoms with Gasteiger partial charge in [0, 0.05) is 0 Å². The van der Waals surface area contributed by atoms with Crippen molar-refractivity contribution in [2.45, 2.75) is 19.9 Å². The topological polar surface area (TPSA) is 63.3 Å². The van der Waals surface area contributed by atoms with E-state index in [1.165, 1.54) is 0 Å². The molecule has 0 aromatic carbocycles. The molecule has 0 heterocycles. The van der Waals surface area contributed by atoms with Gasteiger partial charge in [-0.2, -0.15) is 0 Å². The molecular weight excluding hydrogens is 130 g/mol. The number of hydrogen-bond donors (Lipinski definition) is 2. The minimum atomic E-state index is -0.931. The number of rotatable bonds is 2. The SMILES string of the molecule is C=C.CC(C)[C@H](N)C(=O)O. The van der Waals surface area contributed by atoms with Crippen LogP contribution < -0.4 is 5.73 Å². The van der Waals surface area contributed by atoms with E-state index in [-0.39, 0.29) is 5.92 Å². The van der Waals surface area contributed by atoms with E-state index >= 15 is 0 Å². The van der Waals surface area contributed by atoms with E-state index in [1.807, 2.05) is 0 Å². The fourth-order valence-electron chi connectivity index (χ4n) is 0.285. The van der Waals surface area contributed by atoms with E-state index in [4.69, 9.17) is 10.8 Å². The molecule has 10 heavy (non-hydrogen) atoms. The first-order valence-corrected chi connectivity index (χ1v) is 3.04. The molecule has 0 saturated carbocycles. The summed E-state index contributed by atoms with van der Waals surface area (Å²) in [5.74, 6) is -0.910. The molecule has 0 fully saturated rings. The van der Waals surface area contributed by atoms with Crippen LogP contribution in [-0.4, -0.2) is 17.1 Å². The van der Waals surface area contributed by atoms with Gasteiger partial charge < -0.3 is 10.8 Å². The summed E-state index contributed by atoms with van der Waals surface area (Å²) in [5.41, 5.74) is 5.16. The summed E-state index contributed by atoms with van der Waals surface area (Å²) < 4.78 is 0. The van der Waals surface area contributed by atoms with Gasteiger partial charge in [-0.1, -0.05) is 13.8 Å². The third-order valence-corrected chi connectivity index (χ3v) is 1.00. The van der Waals surface area contributed by atoms with E-state index in [9.17, 15) is 4.79 Å². The summed E-state index contributed by atoms with van der Waals surface area (Å²) in [5, 5.41) is 8.23. The first-order chi connectivity index (χ1) is 4.55. The second-order valence-electron chi connectivity index (χ2n) is 2.11. The normalized spacial score (nSPS) is 11.6. The van der Waals surface area contributed by atoms with Gasteiger partial charge in [0.05, 0.1) is 0 Å². The zero-order valence-electron chi connectivity index (χ0n) is 6.50. The predicted octanol–water partition coefficient (Wildman–Crippen LogP) is 0.857. The predicted molar refractivity (Wildman–Crippen MR) is 41.7 cm³/mol. The Balaban J connectivity index is 0. The summed E-state index contributed by atoms with van der Waals surface area (Å²) in [6.45, 7) is 9.55.